The number of thiophene rings is 1. The molecule has 0 aliphatic heterocycles. The summed E-state index contributed by atoms with van der Waals surface area (Å²) in [6.07, 6.45) is 2.16. The molecule has 4 nitrogen and oxygen atoms in total. The Kier molecular flexibility index (Phi) is 4.92. The van der Waals surface area contributed by atoms with E-state index >= 15 is 0 Å². The molecule has 0 unspecified atom stereocenters. The number of carboxylic acids is 1. The Labute approximate surface area is 120 Å². The molecule has 5 heteroatoms. The molecule has 0 aliphatic carbocycles. The summed E-state index contributed by atoms with van der Waals surface area (Å²) in [6, 6.07) is 11.0. The Morgan fingerprint density at radius 3 is 2.55 bits per heavy atom. The summed E-state index contributed by atoms with van der Waals surface area (Å²) in [5.74, 6) is -0.972. The maximum Gasteiger partial charge on any atom is 0.320 e. The van der Waals surface area contributed by atoms with Gasteiger partial charge in [-0.2, -0.15) is 11.3 Å². The number of aromatic amines is 1. The average molecular weight is 288 g/mol. The molecule has 2 aromatic heterocycles. The first-order valence-electron chi connectivity index (χ1n) is 6.19. The average Bonchev–Trinajstić information content (AvgIpc) is 3.12. The summed E-state index contributed by atoms with van der Waals surface area (Å²) in [4.78, 5) is 13.7. The van der Waals surface area contributed by atoms with Crippen LogP contribution in [-0.2, 0) is 11.2 Å². The van der Waals surface area contributed by atoms with Crippen molar-refractivity contribution in [3.05, 3.63) is 58.9 Å². The molecule has 1 aromatic carbocycles. The van der Waals surface area contributed by atoms with Crippen molar-refractivity contribution in [1.29, 1.82) is 0 Å². The molecule has 0 radical (unpaired) electrons. The number of carbonyl (C=O) groups is 1. The molecule has 0 saturated carbocycles. The lowest BCUT2D eigenvalue weighted by Crippen LogP contribution is -2.32. The number of benzene rings is 1. The minimum absolute atomic E-state index is 0.347. The number of para-hydroxylation sites is 1. The number of rotatable bonds is 3. The van der Waals surface area contributed by atoms with Crippen LogP contribution in [0.25, 0.3) is 10.9 Å². The van der Waals surface area contributed by atoms with Crippen LogP contribution in [0.4, 0.5) is 0 Å². The third-order valence-electron chi connectivity index (χ3n) is 2.86. The zero-order valence-corrected chi connectivity index (χ0v) is 11.6. The number of hydrogen-bond donors (Lipinski definition) is 3. The van der Waals surface area contributed by atoms with E-state index in [2.05, 4.69) is 4.98 Å². The molecular weight excluding hydrogens is 272 g/mol. The van der Waals surface area contributed by atoms with Gasteiger partial charge >= 0.3 is 5.97 Å². The van der Waals surface area contributed by atoms with Crippen LogP contribution in [0.2, 0.25) is 0 Å². The van der Waals surface area contributed by atoms with Crippen LogP contribution in [0.3, 0.4) is 0 Å². The SMILES string of the molecule is N[C@@H](Cc1c[nH]c2ccccc12)C(=O)O.c1ccsc1. The summed E-state index contributed by atoms with van der Waals surface area (Å²) in [7, 11) is 0. The summed E-state index contributed by atoms with van der Waals surface area (Å²) >= 11 is 1.71. The van der Waals surface area contributed by atoms with E-state index in [4.69, 9.17) is 10.8 Å². The Hall–Kier alpha value is -2.11. The van der Waals surface area contributed by atoms with E-state index in [0.717, 1.165) is 16.5 Å². The van der Waals surface area contributed by atoms with Gasteiger partial charge < -0.3 is 15.8 Å². The summed E-state index contributed by atoms with van der Waals surface area (Å²) < 4.78 is 0. The monoisotopic (exact) mass is 288 g/mol. The van der Waals surface area contributed by atoms with E-state index in [1.165, 1.54) is 0 Å². The highest BCUT2D eigenvalue weighted by Gasteiger charge is 2.14. The zero-order chi connectivity index (χ0) is 14.4. The third-order valence-corrected chi connectivity index (χ3v) is 3.49. The molecule has 20 heavy (non-hydrogen) atoms. The Morgan fingerprint density at radius 1 is 1.25 bits per heavy atom. The van der Waals surface area contributed by atoms with Crippen LogP contribution in [0.5, 0.6) is 0 Å². The fourth-order valence-electron chi connectivity index (χ4n) is 1.85. The van der Waals surface area contributed by atoms with Gasteiger partial charge in [0, 0.05) is 23.5 Å². The molecule has 0 amide bonds. The van der Waals surface area contributed by atoms with E-state index in [9.17, 15) is 4.79 Å². The van der Waals surface area contributed by atoms with Crippen molar-refractivity contribution in [2.24, 2.45) is 5.73 Å². The highest BCUT2D eigenvalue weighted by molar-refractivity contribution is 7.07. The van der Waals surface area contributed by atoms with Gasteiger partial charge in [0.25, 0.3) is 0 Å². The number of nitrogens with two attached hydrogens (primary N) is 1. The standard InChI is InChI=1S/C11H12N2O2.C4H4S/c12-9(11(14)15)5-7-6-13-10-4-2-1-3-8(7)10;1-2-4-5-3-1/h1-4,6,9,13H,5,12H2,(H,14,15);1-4H/t9-;/m0./s1. The van der Waals surface area contributed by atoms with Gasteiger partial charge in [0.05, 0.1) is 0 Å². The van der Waals surface area contributed by atoms with Crippen LogP contribution >= 0.6 is 11.3 Å². The second kappa shape index (κ2) is 6.88. The van der Waals surface area contributed by atoms with Crippen LogP contribution in [0.15, 0.2) is 53.4 Å². The Balaban J connectivity index is 0.000000247. The molecule has 3 rings (SSSR count). The molecule has 4 N–H and O–H groups in total. The summed E-state index contributed by atoms with van der Waals surface area (Å²) in [5, 5.41) is 13.8. The van der Waals surface area contributed by atoms with Gasteiger partial charge in [0.1, 0.15) is 6.04 Å². The largest absolute Gasteiger partial charge is 0.480 e. The molecular formula is C15H16N2O2S. The highest BCUT2D eigenvalue weighted by atomic mass is 32.1. The van der Waals surface area contributed by atoms with Gasteiger partial charge in [0.15, 0.2) is 0 Å². The number of fused-ring (bicyclic) bond motifs is 1. The molecule has 3 aromatic rings. The Morgan fingerprint density at radius 2 is 1.95 bits per heavy atom. The fraction of sp³-hybridized carbons (Fsp3) is 0.133. The molecule has 0 fully saturated rings. The van der Waals surface area contributed by atoms with E-state index in [0.29, 0.717) is 6.42 Å². The lowest BCUT2D eigenvalue weighted by atomic mass is 10.1. The van der Waals surface area contributed by atoms with Gasteiger partial charge in [-0.15, -0.1) is 0 Å². The first-order chi connectivity index (χ1) is 9.68. The van der Waals surface area contributed by atoms with Crippen molar-refractivity contribution >= 4 is 28.2 Å². The van der Waals surface area contributed by atoms with E-state index in [-0.39, 0.29) is 0 Å². The van der Waals surface area contributed by atoms with Crippen LogP contribution in [-0.4, -0.2) is 22.1 Å². The molecule has 0 saturated heterocycles. The number of hydrogen-bond acceptors (Lipinski definition) is 3. The molecule has 2 heterocycles. The maximum atomic E-state index is 10.6. The van der Waals surface area contributed by atoms with E-state index in [1.807, 2.05) is 53.4 Å². The first kappa shape index (κ1) is 14.3. The van der Waals surface area contributed by atoms with Crippen molar-refractivity contribution < 1.29 is 9.90 Å². The number of nitrogens with one attached hydrogen (secondary N) is 1. The van der Waals surface area contributed by atoms with E-state index in [1.54, 1.807) is 11.3 Å². The number of carboxylic acid groups (broad SMARTS) is 1. The predicted molar refractivity (Wildman–Crippen MR) is 81.9 cm³/mol. The van der Waals surface area contributed by atoms with Crippen LogP contribution in [0, 0.1) is 0 Å². The van der Waals surface area contributed by atoms with Crippen molar-refractivity contribution in [2.75, 3.05) is 0 Å². The minimum Gasteiger partial charge on any atom is -0.480 e. The first-order valence-corrected chi connectivity index (χ1v) is 7.13. The van der Waals surface area contributed by atoms with Gasteiger partial charge in [-0.25, -0.2) is 0 Å². The molecule has 104 valence electrons. The quantitative estimate of drug-likeness (QED) is 0.693. The highest BCUT2D eigenvalue weighted by Crippen LogP contribution is 2.18. The third kappa shape index (κ3) is 3.69. The van der Waals surface area contributed by atoms with Gasteiger partial charge in [-0.3, -0.25) is 4.79 Å². The number of aliphatic carboxylic acids is 1. The van der Waals surface area contributed by atoms with Gasteiger partial charge in [-0.1, -0.05) is 30.3 Å². The van der Waals surface area contributed by atoms with Gasteiger partial charge in [-0.05, 0) is 22.4 Å². The molecule has 0 aliphatic rings. The van der Waals surface area contributed by atoms with Crippen molar-refractivity contribution in [3.8, 4) is 0 Å². The molecule has 0 spiro atoms. The fourth-order valence-corrected chi connectivity index (χ4v) is 2.31. The zero-order valence-electron chi connectivity index (χ0n) is 10.8. The normalized spacial score (nSPS) is 11.7. The molecule has 1 atom stereocenters. The minimum atomic E-state index is -0.972. The second-order valence-electron chi connectivity index (χ2n) is 4.30. The maximum absolute atomic E-state index is 10.6. The topological polar surface area (TPSA) is 79.1 Å². The van der Waals surface area contributed by atoms with Crippen LogP contribution < -0.4 is 5.73 Å². The van der Waals surface area contributed by atoms with Crippen LogP contribution in [0.1, 0.15) is 5.56 Å². The summed E-state index contributed by atoms with van der Waals surface area (Å²) in [6.45, 7) is 0. The Bertz CT molecular complexity index is 644. The lowest BCUT2D eigenvalue weighted by molar-refractivity contribution is -0.138. The predicted octanol–water partition coefficient (Wildman–Crippen LogP) is 2.87. The smallest absolute Gasteiger partial charge is 0.320 e. The van der Waals surface area contributed by atoms with Crippen molar-refractivity contribution in [2.45, 2.75) is 12.5 Å². The lowest BCUT2D eigenvalue weighted by Gasteiger charge is -2.04. The van der Waals surface area contributed by atoms with E-state index < -0.39 is 12.0 Å². The van der Waals surface area contributed by atoms with Crippen molar-refractivity contribution in [1.82, 2.24) is 4.98 Å². The summed E-state index contributed by atoms with van der Waals surface area (Å²) in [5.41, 5.74) is 7.43. The molecule has 0 bridgehead atoms. The second-order valence-corrected chi connectivity index (χ2v) is 5.12. The number of H-pyrrole nitrogens is 1. The number of aromatic nitrogens is 1. The van der Waals surface area contributed by atoms with Crippen molar-refractivity contribution in [3.63, 3.8) is 0 Å². The van der Waals surface area contributed by atoms with Gasteiger partial charge in [0.2, 0.25) is 0 Å².